The lowest BCUT2D eigenvalue weighted by Gasteiger charge is -2.41. The Balaban J connectivity index is 1.10. The van der Waals surface area contributed by atoms with Gasteiger partial charge in [-0.3, -0.25) is 9.69 Å². The van der Waals surface area contributed by atoms with Crippen LogP contribution in [0.15, 0.2) is 60.1 Å². The molecule has 2 aromatic carbocycles. The van der Waals surface area contributed by atoms with E-state index in [0.717, 1.165) is 68.2 Å². The molecular formula is C27H31N3O2S. The second kappa shape index (κ2) is 10.1. The van der Waals surface area contributed by atoms with Crippen molar-refractivity contribution in [3.63, 3.8) is 0 Å². The molecule has 2 saturated heterocycles. The van der Waals surface area contributed by atoms with Gasteiger partial charge in [0.1, 0.15) is 6.10 Å². The molecule has 2 fully saturated rings. The highest BCUT2D eigenvalue weighted by Gasteiger charge is 2.30. The van der Waals surface area contributed by atoms with Crippen LogP contribution in [0.3, 0.4) is 0 Å². The number of piperidine rings is 2. The third-order valence-corrected chi connectivity index (χ3v) is 7.60. The molecule has 0 bridgehead atoms. The summed E-state index contributed by atoms with van der Waals surface area (Å²) in [4.78, 5) is 21.9. The number of aromatic nitrogens is 1. The van der Waals surface area contributed by atoms with Gasteiger partial charge in [-0.15, -0.1) is 0 Å². The molecule has 0 radical (unpaired) electrons. The van der Waals surface area contributed by atoms with Crippen LogP contribution in [0.4, 0.5) is 0 Å². The van der Waals surface area contributed by atoms with E-state index >= 15 is 0 Å². The van der Waals surface area contributed by atoms with Gasteiger partial charge in [-0.05, 0) is 55.9 Å². The molecule has 0 unspecified atom stereocenters. The zero-order chi connectivity index (χ0) is 22.6. The topological polar surface area (TPSA) is 45.7 Å². The van der Waals surface area contributed by atoms with Crippen LogP contribution >= 0.6 is 11.3 Å². The Bertz CT molecular complexity index is 1030. The number of likely N-dealkylation sites (tertiary alicyclic amines) is 2. The summed E-state index contributed by atoms with van der Waals surface area (Å²) >= 11 is 1.56. The van der Waals surface area contributed by atoms with Gasteiger partial charge in [0.15, 0.2) is 0 Å². The SMILES string of the molecule is Cc1ccc(-c2ccc(C(=O)N3CCC(N4CCC(Oc5nccs5)CC4)CC3)cc2)cc1. The quantitative estimate of drug-likeness (QED) is 0.520. The third kappa shape index (κ3) is 5.28. The van der Waals surface area contributed by atoms with Crippen LogP contribution in [0.25, 0.3) is 11.1 Å². The van der Waals surface area contributed by atoms with Crippen LogP contribution in [0.1, 0.15) is 41.6 Å². The van der Waals surface area contributed by atoms with Gasteiger partial charge >= 0.3 is 0 Å². The molecule has 0 N–H and O–H groups in total. The number of hydrogen-bond donors (Lipinski definition) is 0. The molecule has 2 aliphatic heterocycles. The first-order valence-corrected chi connectivity index (χ1v) is 12.8. The third-order valence-electron chi connectivity index (χ3n) is 6.94. The predicted molar refractivity (Wildman–Crippen MR) is 133 cm³/mol. The summed E-state index contributed by atoms with van der Waals surface area (Å²) in [6, 6.07) is 17.1. The number of nitrogens with zero attached hydrogens (tertiary/aromatic N) is 3. The molecule has 0 aliphatic carbocycles. The molecule has 0 saturated carbocycles. The molecule has 0 atom stereocenters. The Morgan fingerprint density at radius 1 is 0.909 bits per heavy atom. The first-order valence-electron chi connectivity index (χ1n) is 11.9. The standard InChI is InChI=1S/C27H31N3O2S/c1-20-2-4-21(5-3-20)22-6-8-23(9-7-22)26(31)30-15-10-24(11-16-30)29-17-12-25(13-18-29)32-27-28-14-19-33-27/h2-9,14,19,24-25H,10-13,15-18H2,1H3. The summed E-state index contributed by atoms with van der Waals surface area (Å²) in [5.41, 5.74) is 4.36. The van der Waals surface area contributed by atoms with Gasteiger partial charge < -0.3 is 9.64 Å². The summed E-state index contributed by atoms with van der Waals surface area (Å²) in [6.07, 6.45) is 6.26. The molecule has 5 rings (SSSR count). The lowest BCUT2D eigenvalue weighted by Crippen LogP contribution is -2.50. The van der Waals surface area contributed by atoms with E-state index in [1.807, 2.05) is 22.4 Å². The number of hydrogen-bond acceptors (Lipinski definition) is 5. The summed E-state index contributed by atoms with van der Waals surface area (Å²) < 4.78 is 6.00. The van der Waals surface area contributed by atoms with Gasteiger partial charge in [-0.2, -0.15) is 0 Å². The number of amides is 1. The maximum Gasteiger partial charge on any atom is 0.273 e. The Kier molecular flexibility index (Phi) is 6.74. The number of benzene rings is 2. The van der Waals surface area contributed by atoms with Gasteiger partial charge in [0.05, 0.1) is 0 Å². The lowest BCUT2D eigenvalue weighted by molar-refractivity contribution is 0.0425. The minimum Gasteiger partial charge on any atom is -0.467 e. The molecule has 1 amide bonds. The van der Waals surface area contributed by atoms with Crippen molar-refractivity contribution < 1.29 is 9.53 Å². The van der Waals surface area contributed by atoms with E-state index in [1.54, 1.807) is 17.5 Å². The fraction of sp³-hybridized carbons (Fsp3) is 0.407. The van der Waals surface area contributed by atoms with Crippen molar-refractivity contribution >= 4 is 17.2 Å². The van der Waals surface area contributed by atoms with Gasteiger partial charge in [0.2, 0.25) is 0 Å². The second-order valence-electron chi connectivity index (χ2n) is 9.12. The number of thiazole rings is 1. The van der Waals surface area contributed by atoms with Crippen molar-refractivity contribution in [3.05, 3.63) is 71.2 Å². The van der Waals surface area contributed by atoms with E-state index in [9.17, 15) is 4.79 Å². The second-order valence-corrected chi connectivity index (χ2v) is 9.98. The fourth-order valence-corrected chi connectivity index (χ4v) is 5.49. The molecular weight excluding hydrogens is 430 g/mol. The molecule has 3 heterocycles. The Labute approximate surface area is 200 Å². The lowest BCUT2D eigenvalue weighted by atomic mass is 9.98. The molecule has 0 spiro atoms. The van der Waals surface area contributed by atoms with Crippen molar-refractivity contribution in [1.82, 2.24) is 14.8 Å². The number of aryl methyl sites for hydroxylation is 1. The Morgan fingerprint density at radius 2 is 1.55 bits per heavy atom. The molecule has 5 nitrogen and oxygen atoms in total. The number of carbonyl (C=O) groups excluding carboxylic acids is 1. The zero-order valence-corrected chi connectivity index (χ0v) is 20.0. The fourth-order valence-electron chi connectivity index (χ4n) is 4.94. The Morgan fingerprint density at radius 3 is 2.15 bits per heavy atom. The van der Waals surface area contributed by atoms with E-state index in [0.29, 0.717) is 6.04 Å². The molecule has 1 aromatic heterocycles. The van der Waals surface area contributed by atoms with E-state index in [1.165, 1.54) is 11.1 Å². The van der Waals surface area contributed by atoms with Crippen LogP contribution in [0, 0.1) is 6.92 Å². The summed E-state index contributed by atoms with van der Waals surface area (Å²) in [5, 5.41) is 2.74. The molecule has 6 heteroatoms. The predicted octanol–water partition coefficient (Wildman–Crippen LogP) is 5.27. The number of carbonyl (C=O) groups is 1. The van der Waals surface area contributed by atoms with Gasteiger partial charge in [0, 0.05) is 49.4 Å². The van der Waals surface area contributed by atoms with Gasteiger partial charge in [0.25, 0.3) is 11.1 Å². The summed E-state index contributed by atoms with van der Waals surface area (Å²) in [5.74, 6) is 0.152. The number of ether oxygens (including phenoxy) is 1. The van der Waals surface area contributed by atoms with Crippen LogP contribution in [-0.4, -0.2) is 59.0 Å². The van der Waals surface area contributed by atoms with Gasteiger partial charge in [-0.1, -0.05) is 53.3 Å². The molecule has 33 heavy (non-hydrogen) atoms. The molecule has 3 aromatic rings. The highest BCUT2D eigenvalue weighted by molar-refractivity contribution is 7.11. The van der Waals surface area contributed by atoms with Crippen LogP contribution in [0.2, 0.25) is 0 Å². The average molecular weight is 462 g/mol. The van der Waals surface area contributed by atoms with Crippen LogP contribution in [0.5, 0.6) is 5.19 Å². The van der Waals surface area contributed by atoms with E-state index in [-0.39, 0.29) is 12.0 Å². The molecule has 172 valence electrons. The van der Waals surface area contributed by atoms with E-state index < -0.39 is 0 Å². The number of rotatable bonds is 5. The maximum atomic E-state index is 13.1. The maximum absolute atomic E-state index is 13.1. The smallest absolute Gasteiger partial charge is 0.273 e. The van der Waals surface area contributed by atoms with Gasteiger partial charge in [-0.25, -0.2) is 4.98 Å². The normalized spacial score (nSPS) is 18.4. The van der Waals surface area contributed by atoms with Crippen molar-refractivity contribution in [2.24, 2.45) is 0 Å². The first kappa shape index (κ1) is 22.1. The van der Waals surface area contributed by atoms with Crippen molar-refractivity contribution in [1.29, 1.82) is 0 Å². The monoisotopic (exact) mass is 461 g/mol. The van der Waals surface area contributed by atoms with Crippen LogP contribution < -0.4 is 4.74 Å². The van der Waals surface area contributed by atoms with E-state index in [4.69, 9.17) is 4.74 Å². The highest BCUT2D eigenvalue weighted by atomic mass is 32.1. The van der Waals surface area contributed by atoms with Crippen molar-refractivity contribution in [3.8, 4) is 16.3 Å². The average Bonchev–Trinajstić information content (AvgIpc) is 3.38. The zero-order valence-electron chi connectivity index (χ0n) is 19.2. The minimum absolute atomic E-state index is 0.152. The van der Waals surface area contributed by atoms with Crippen LogP contribution in [-0.2, 0) is 0 Å². The van der Waals surface area contributed by atoms with Crippen molar-refractivity contribution in [2.75, 3.05) is 26.2 Å². The summed E-state index contributed by atoms with van der Waals surface area (Å²) in [7, 11) is 0. The van der Waals surface area contributed by atoms with E-state index in [2.05, 4.69) is 53.2 Å². The molecule has 2 aliphatic rings. The highest BCUT2D eigenvalue weighted by Crippen LogP contribution is 2.26. The minimum atomic E-state index is 0.152. The Hall–Kier alpha value is -2.70. The first-order chi connectivity index (χ1) is 16.2. The van der Waals surface area contributed by atoms with Crippen molar-refractivity contribution in [2.45, 2.75) is 44.8 Å². The largest absolute Gasteiger partial charge is 0.467 e. The summed E-state index contributed by atoms with van der Waals surface area (Å²) in [6.45, 7) is 5.89.